The van der Waals surface area contributed by atoms with Crippen LogP contribution in [0.15, 0.2) is 53.5 Å². The van der Waals surface area contributed by atoms with Gasteiger partial charge in [0.25, 0.3) is 0 Å². The molecule has 0 unspecified atom stereocenters. The molecular weight excluding hydrogens is 408 g/mol. The van der Waals surface area contributed by atoms with Crippen LogP contribution in [0.1, 0.15) is 31.2 Å². The Labute approximate surface area is 187 Å². The Bertz CT molecular complexity index is 993. The van der Waals surface area contributed by atoms with Crippen LogP contribution in [-0.4, -0.2) is 54.1 Å². The summed E-state index contributed by atoms with van der Waals surface area (Å²) in [6, 6.07) is 15.3. The van der Waals surface area contributed by atoms with Gasteiger partial charge < -0.3 is 19.6 Å². The number of carbonyl (C=O) groups excluding carboxylic acids is 2. The van der Waals surface area contributed by atoms with Gasteiger partial charge in [-0.05, 0) is 43.0 Å². The number of fused-ring (bicyclic) bond motifs is 2. The standard InChI is InChI=1S/C24H28N4O4/c29-13-12-28(19-7-3-1-4-8-19)23(31)9-5-2-6-14-32-20-11-10-18-16-27-17-22(30)26-24(27)25-21(18)15-20/h1,3-4,7-8,10-11,15,29H,2,5-6,9,12-14,16-17H2,(H,25,26,30). The summed E-state index contributed by atoms with van der Waals surface area (Å²) in [7, 11) is 0. The third-order valence-electron chi connectivity index (χ3n) is 5.53. The summed E-state index contributed by atoms with van der Waals surface area (Å²) in [5.41, 5.74) is 2.71. The van der Waals surface area contributed by atoms with Crippen LogP contribution in [0, 0.1) is 0 Å². The minimum Gasteiger partial charge on any atom is -0.494 e. The van der Waals surface area contributed by atoms with Crippen molar-refractivity contribution in [2.75, 3.05) is 31.2 Å². The van der Waals surface area contributed by atoms with E-state index >= 15 is 0 Å². The highest BCUT2D eigenvalue weighted by Gasteiger charge is 2.29. The van der Waals surface area contributed by atoms with Gasteiger partial charge in [-0.15, -0.1) is 0 Å². The Morgan fingerprint density at radius 1 is 1.12 bits per heavy atom. The lowest BCUT2D eigenvalue weighted by atomic mass is 10.1. The number of carbonyl (C=O) groups is 2. The van der Waals surface area contributed by atoms with Crippen LogP contribution in [0.4, 0.5) is 11.4 Å². The molecule has 2 aliphatic heterocycles. The molecule has 2 aliphatic rings. The number of anilines is 1. The highest BCUT2D eigenvalue weighted by Crippen LogP contribution is 2.30. The van der Waals surface area contributed by atoms with E-state index in [1.807, 2.05) is 53.4 Å². The van der Waals surface area contributed by atoms with E-state index in [4.69, 9.17) is 4.74 Å². The number of nitrogens with one attached hydrogen (secondary N) is 1. The molecule has 0 aliphatic carbocycles. The van der Waals surface area contributed by atoms with Gasteiger partial charge in [0.05, 0.1) is 18.9 Å². The first-order valence-corrected chi connectivity index (χ1v) is 11.0. The first kappa shape index (κ1) is 21.8. The highest BCUT2D eigenvalue weighted by atomic mass is 16.5. The maximum absolute atomic E-state index is 12.6. The van der Waals surface area contributed by atoms with Gasteiger partial charge in [0.1, 0.15) is 12.3 Å². The number of unbranched alkanes of at least 4 members (excludes halogenated alkanes) is 2. The summed E-state index contributed by atoms with van der Waals surface area (Å²) in [6.07, 6.45) is 2.92. The molecule has 0 bridgehead atoms. The van der Waals surface area contributed by atoms with Crippen LogP contribution in [0.3, 0.4) is 0 Å². The lowest BCUT2D eigenvalue weighted by Gasteiger charge is -2.23. The Hall–Kier alpha value is -3.39. The van der Waals surface area contributed by atoms with Crippen LogP contribution < -0.4 is 15.0 Å². The Morgan fingerprint density at radius 2 is 1.97 bits per heavy atom. The fourth-order valence-corrected chi connectivity index (χ4v) is 3.90. The second-order valence-electron chi connectivity index (χ2n) is 7.89. The van der Waals surface area contributed by atoms with Gasteiger partial charge in [-0.1, -0.05) is 24.3 Å². The van der Waals surface area contributed by atoms with Crippen LogP contribution in [-0.2, 0) is 16.1 Å². The van der Waals surface area contributed by atoms with Gasteiger partial charge in [-0.2, -0.15) is 0 Å². The summed E-state index contributed by atoms with van der Waals surface area (Å²) in [5, 5.41) is 12.1. The second-order valence-corrected chi connectivity index (χ2v) is 7.89. The second kappa shape index (κ2) is 10.3. The monoisotopic (exact) mass is 436 g/mol. The molecule has 1 fully saturated rings. The zero-order valence-corrected chi connectivity index (χ0v) is 18.0. The molecule has 4 rings (SSSR count). The first-order chi connectivity index (χ1) is 15.6. The molecule has 0 spiro atoms. The smallest absolute Gasteiger partial charge is 0.246 e. The number of aliphatic hydroxyl groups excluding tert-OH is 1. The third-order valence-corrected chi connectivity index (χ3v) is 5.53. The van der Waals surface area contributed by atoms with Crippen LogP contribution >= 0.6 is 0 Å². The van der Waals surface area contributed by atoms with Crippen molar-refractivity contribution in [2.45, 2.75) is 32.2 Å². The molecule has 0 atom stereocenters. The van der Waals surface area contributed by atoms with Crippen molar-refractivity contribution in [3.63, 3.8) is 0 Å². The summed E-state index contributed by atoms with van der Waals surface area (Å²) < 4.78 is 5.87. The van der Waals surface area contributed by atoms with Gasteiger partial charge >= 0.3 is 0 Å². The van der Waals surface area contributed by atoms with Crippen molar-refractivity contribution < 1.29 is 19.4 Å². The van der Waals surface area contributed by atoms with Gasteiger partial charge in [0, 0.05) is 31.3 Å². The number of hydrogen-bond donors (Lipinski definition) is 2. The Balaban J connectivity index is 1.20. The average molecular weight is 437 g/mol. The summed E-state index contributed by atoms with van der Waals surface area (Å²) in [5.74, 6) is 1.35. The number of para-hydroxylation sites is 1. The molecule has 8 nitrogen and oxygen atoms in total. The predicted molar refractivity (Wildman–Crippen MR) is 122 cm³/mol. The van der Waals surface area contributed by atoms with Crippen molar-refractivity contribution >= 4 is 29.1 Å². The van der Waals surface area contributed by atoms with Gasteiger partial charge in [-0.3, -0.25) is 14.9 Å². The molecule has 0 radical (unpaired) electrons. The number of hydrogen-bond acceptors (Lipinski definition) is 6. The fourth-order valence-electron chi connectivity index (χ4n) is 3.90. The number of rotatable bonds is 10. The molecule has 2 heterocycles. The van der Waals surface area contributed by atoms with E-state index in [2.05, 4.69) is 10.3 Å². The van der Waals surface area contributed by atoms with E-state index in [9.17, 15) is 14.7 Å². The fraction of sp³-hybridized carbons (Fsp3) is 0.375. The van der Waals surface area contributed by atoms with Crippen LogP contribution in [0.5, 0.6) is 5.75 Å². The SMILES string of the molecule is O=C1CN2Cc3ccc(OCCCCCC(=O)N(CCO)c4ccccc4)cc3N=C2N1. The number of nitrogens with zero attached hydrogens (tertiary/aromatic N) is 3. The van der Waals surface area contributed by atoms with Crippen LogP contribution in [0.2, 0.25) is 0 Å². The van der Waals surface area contributed by atoms with E-state index < -0.39 is 0 Å². The quantitative estimate of drug-likeness (QED) is 0.559. The molecule has 32 heavy (non-hydrogen) atoms. The van der Waals surface area contributed by atoms with E-state index in [1.54, 1.807) is 4.90 Å². The summed E-state index contributed by atoms with van der Waals surface area (Å²) >= 11 is 0. The van der Waals surface area contributed by atoms with Crippen LogP contribution in [0.25, 0.3) is 0 Å². The largest absolute Gasteiger partial charge is 0.494 e. The minimum absolute atomic E-state index is 0.0213. The Morgan fingerprint density at radius 3 is 2.78 bits per heavy atom. The molecule has 0 aromatic heterocycles. The third kappa shape index (κ3) is 5.26. The predicted octanol–water partition coefficient (Wildman–Crippen LogP) is 2.58. The van der Waals surface area contributed by atoms with Gasteiger partial charge in [0.2, 0.25) is 17.8 Å². The number of amides is 2. The van der Waals surface area contributed by atoms with Crippen molar-refractivity contribution in [3.8, 4) is 5.75 Å². The summed E-state index contributed by atoms with van der Waals surface area (Å²) in [4.78, 5) is 32.2. The van der Waals surface area contributed by atoms with Crippen molar-refractivity contribution in [1.82, 2.24) is 10.2 Å². The molecule has 2 aromatic carbocycles. The van der Waals surface area contributed by atoms with Crippen molar-refractivity contribution in [1.29, 1.82) is 0 Å². The number of aliphatic hydroxyl groups is 1. The normalized spacial score (nSPS) is 14.3. The number of ether oxygens (including phenoxy) is 1. The zero-order chi connectivity index (χ0) is 22.3. The molecule has 168 valence electrons. The first-order valence-electron chi connectivity index (χ1n) is 11.0. The van der Waals surface area contributed by atoms with E-state index in [1.165, 1.54) is 0 Å². The number of aliphatic imine (C=N–C) groups is 1. The number of benzene rings is 2. The number of guanidine groups is 1. The topological polar surface area (TPSA) is 94.5 Å². The molecule has 2 aromatic rings. The van der Waals surface area contributed by atoms with E-state index in [0.717, 1.165) is 42.0 Å². The van der Waals surface area contributed by atoms with Crippen molar-refractivity contribution in [3.05, 3.63) is 54.1 Å². The Kier molecular flexibility index (Phi) is 7.01. The lowest BCUT2D eigenvalue weighted by molar-refractivity contribution is -0.119. The minimum atomic E-state index is -0.0643. The van der Waals surface area contributed by atoms with Gasteiger partial charge in [0.15, 0.2) is 0 Å². The molecule has 0 saturated carbocycles. The van der Waals surface area contributed by atoms with Gasteiger partial charge in [-0.25, -0.2) is 4.99 Å². The van der Waals surface area contributed by atoms with E-state index in [-0.39, 0.29) is 18.4 Å². The molecule has 2 N–H and O–H groups in total. The van der Waals surface area contributed by atoms with Crippen molar-refractivity contribution in [2.24, 2.45) is 4.99 Å². The molecule has 2 amide bonds. The lowest BCUT2D eigenvalue weighted by Crippen LogP contribution is -2.33. The molecular formula is C24H28N4O4. The highest BCUT2D eigenvalue weighted by molar-refractivity contribution is 6.05. The van der Waals surface area contributed by atoms with E-state index in [0.29, 0.717) is 38.6 Å². The molecule has 8 heteroatoms. The molecule has 1 saturated heterocycles. The maximum atomic E-state index is 12.6. The zero-order valence-electron chi connectivity index (χ0n) is 18.0. The average Bonchev–Trinajstić information content (AvgIpc) is 3.17. The maximum Gasteiger partial charge on any atom is 0.246 e. The summed E-state index contributed by atoms with van der Waals surface area (Å²) in [6.45, 7) is 1.81.